The zero-order valence-corrected chi connectivity index (χ0v) is 18.7. The fourth-order valence-corrected chi connectivity index (χ4v) is 1.42. The van der Waals surface area contributed by atoms with Gasteiger partial charge in [0.05, 0.1) is 0 Å². The van der Waals surface area contributed by atoms with E-state index in [-0.39, 0.29) is 11.5 Å². The molecule has 0 atom stereocenters. The minimum atomic E-state index is -1.17. The van der Waals surface area contributed by atoms with Gasteiger partial charge in [-0.25, -0.2) is 9.59 Å². The van der Waals surface area contributed by atoms with Crippen molar-refractivity contribution in [3.05, 3.63) is 24.3 Å². The lowest BCUT2D eigenvalue weighted by atomic mass is 10.3. The Morgan fingerprint density at radius 1 is 0.800 bits per heavy atom. The van der Waals surface area contributed by atoms with E-state index in [0.717, 1.165) is 0 Å². The van der Waals surface area contributed by atoms with Gasteiger partial charge in [0.15, 0.2) is 0 Å². The Morgan fingerprint density at radius 3 is 1.45 bits per heavy atom. The highest BCUT2D eigenvalue weighted by Gasteiger charge is 2.32. The molecule has 0 N–H and O–H groups in total. The maximum Gasteiger partial charge on any atom is 0.350 e. The number of hydrogen-bond donors (Lipinski definition) is 0. The molecule has 4 nitrogen and oxygen atoms in total. The lowest BCUT2D eigenvalue weighted by Gasteiger charge is -2.13. The van der Waals surface area contributed by atoms with Crippen molar-refractivity contribution in [1.82, 2.24) is 0 Å². The molecule has 0 saturated heterocycles. The molecule has 0 radical (unpaired) electrons. The molecule has 0 heterocycles. The highest BCUT2D eigenvalue weighted by molar-refractivity contribution is 9.40. The number of ether oxygens (including phenoxy) is 2. The van der Waals surface area contributed by atoms with Crippen molar-refractivity contribution in [3.63, 3.8) is 0 Å². The summed E-state index contributed by atoms with van der Waals surface area (Å²) in [5.41, 5.74) is 0. The molecule has 0 aromatic heterocycles. The van der Waals surface area contributed by atoms with Gasteiger partial charge in [-0.3, -0.25) is 0 Å². The van der Waals surface area contributed by atoms with Crippen LogP contribution in [0.3, 0.4) is 0 Å². The monoisotopic (exact) mass is 662 g/mol. The zero-order chi connectivity index (χ0) is 15.6. The van der Waals surface area contributed by atoms with E-state index in [0.29, 0.717) is 0 Å². The van der Waals surface area contributed by atoms with E-state index < -0.39 is 16.2 Å². The highest BCUT2D eigenvalue weighted by atomic mass is 80.0. The van der Waals surface area contributed by atoms with Gasteiger partial charge in [0.25, 0.3) is 0 Å². The standard InChI is InChI=1S/C10H4Br6O4/c11-9(12,13)7(17)19-5-2-1-3-6(4-5)20-8(18)10(14,15)16/h1-4H. The first-order chi connectivity index (χ1) is 9.00. The van der Waals surface area contributed by atoms with Crippen LogP contribution in [0.25, 0.3) is 0 Å². The summed E-state index contributed by atoms with van der Waals surface area (Å²) >= 11 is 18.2. The predicted molar refractivity (Wildman–Crippen MR) is 96.7 cm³/mol. The van der Waals surface area contributed by atoms with Gasteiger partial charge in [0.2, 0.25) is 4.29 Å². The third kappa shape index (κ3) is 6.43. The van der Waals surface area contributed by atoms with Crippen LogP contribution in [0.5, 0.6) is 11.5 Å². The summed E-state index contributed by atoms with van der Waals surface area (Å²) in [4.78, 5) is 23.3. The number of carbonyl (C=O) groups excluding carboxylic acids is 2. The quantitative estimate of drug-likeness (QED) is 0.248. The van der Waals surface area contributed by atoms with Crippen LogP contribution in [0.15, 0.2) is 24.3 Å². The SMILES string of the molecule is O=C(Oc1cccc(OC(=O)C(Br)(Br)Br)c1)C(Br)(Br)Br. The normalized spacial score (nSPS) is 11.9. The molecule has 0 spiro atoms. The Bertz CT molecular complexity index is 476. The largest absolute Gasteiger partial charge is 0.424 e. The van der Waals surface area contributed by atoms with Crippen LogP contribution in [-0.2, 0) is 9.59 Å². The first-order valence-corrected chi connectivity index (χ1v) is 9.44. The third-order valence-corrected chi connectivity index (χ3v) is 3.63. The second-order valence-electron chi connectivity index (χ2n) is 3.25. The summed E-state index contributed by atoms with van der Waals surface area (Å²) in [7, 11) is 0. The maximum atomic E-state index is 11.6. The molecule has 0 fully saturated rings. The Labute approximate surface area is 165 Å². The molecular formula is C10H4Br6O4. The fourth-order valence-electron chi connectivity index (χ4n) is 0.931. The van der Waals surface area contributed by atoms with Crippen LogP contribution in [0.4, 0.5) is 0 Å². The van der Waals surface area contributed by atoms with Gasteiger partial charge in [-0.2, -0.15) is 0 Å². The van der Waals surface area contributed by atoms with E-state index in [9.17, 15) is 9.59 Å². The number of alkyl halides is 6. The van der Waals surface area contributed by atoms with Crippen LogP contribution in [-0.4, -0.2) is 16.2 Å². The first-order valence-electron chi connectivity index (χ1n) is 4.68. The van der Waals surface area contributed by atoms with Gasteiger partial charge in [-0.05, 0) is 108 Å². The molecule has 0 bridgehead atoms. The van der Waals surface area contributed by atoms with Gasteiger partial charge < -0.3 is 9.47 Å². The molecule has 0 aliphatic carbocycles. The molecule has 10 heteroatoms. The molecule has 0 amide bonds. The summed E-state index contributed by atoms with van der Waals surface area (Å²) in [5, 5.41) is 0. The lowest BCUT2D eigenvalue weighted by Crippen LogP contribution is -2.24. The Hall–Kier alpha value is 1.04. The van der Waals surface area contributed by atoms with Crippen LogP contribution in [0.1, 0.15) is 0 Å². The van der Waals surface area contributed by atoms with Crippen LogP contribution in [0, 0.1) is 0 Å². The number of hydrogen-bond acceptors (Lipinski definition) is 4. The first kappa shape index (κ1) is 19.1. The van der Waals surface area contributed by atoms with E-state index in [2.05, 4.69) is 95.6 Å². The molecule has 0 saturated carbocycles. The van der Waals surface area contributed by atoms with Crippen molar-refractivity contribution in [2.24, 2.45) is 0 Å². The van der Waals surface area contributed by atoms with E-state index in [1.165, 1.54) is 6.07 Å². The summed E-state index contributed by atoms with van der Waals surface area (Å²) in [5.74, 6) is -0.770. The van der Waals surface area contributed by atoms with Crippen molar-refractivity contribution < 1.29 is 19.1 Å². The second-order valence-corrected chi connectivity index (χ2v) is 16.8. The summed E-state index contributed by atoms with van der Waals surface area (Å²) in [6, 6.07) is 6.10. The molecule has 1 aromatic carbocycles. The van der Waals surface area contributed by atoms with Crippen molar-refractivity contribution in [3.8, 4) is 11.5 Å². The maximum absolute atomic E-state index is 11.6. The van der Waals surface area contributed by atoms with E-state index >= 15 is 0 Å². The average Bonchev–Trinajstić information content (AvgIpc) is 2.26. The van der Waals surface area contributed by atoms with Gasteiger partial charge in [0.1, 0.15) is 11.5 Å². The van der Waals surface area contributed by atoms with E-state index in [1.807, 2.05) is 0 Å². The third-order valence-electron chi connectivity index (χ3n) is 1.69. The van der Waals surface area contributed by atoms with E-state index in [4.69, 9.17) is 9.47 Å². The van der Waals surface area contributed by atoms with Crippen molar-refractivity contribution in [2.75, 3.05) is 0 Å². The van der Waals surface area contributed by atoms with Gasteiger partial charge in [-0.1, -0.05) is 6.07 Å². The highest BCUT2D eigenvalue weighted by Crippen LogP contribution is 2.37. The number of halogens is 6. The average molecular weight is 668 g/mol. The smallest absolute Gasteiger partial charge is 0.350 e. The number of benzene rings is 1. The minimum absolute atomic E-state index is 0.229. The summed E-state index contributed by atoms with van der Waals surface area (Å²) < 4.78 is 7.82. The van der Waals surface area contributed by atoms with Crippen LogP contribution in [0.2, 0.25) is 0 Å². The van der Waals surface area contributed by atoms with Crippen LogP contribution < -0.4 is 9.47 Å². The predicted octanol–water partition coefficient (Wildman–Crippen LogP) is 5.17. The molecule has 0 unspecified atom stereocenters. The second kappa shape index (κ2) is 7.54. The number of carbonyl (C=O) groups is 2. The van der Waals surface area contributed by atoms with Gasteiger partial charge >= 0.3 is 11.9 Å². The lowest BCUT2D eigenvalue weighted by molar-refractivity contribution is -0.132. The molecule has 20 heavy (non-hydrogen) atoms. The Kier molecular flexibility index (Phi) is 7.20. The van der Waals surface area contributed by atoms with Gasteiger partial charge in [-0.15, -0.1) is 0 Å². The number of esters is 2. The zero-order valence-electron chi connectivity index (χ0n) is 9.21. The summed E-state index contributed by atoms with van der Waals surface area (Å²) in [6.45, 7) is 0. The molecule has 0 aliphatic heterocycles. The van der Waals surface area contributed by atoms with Crippen molar-refractivity contribution in [1.29, 1.82) is 0 Å². The minimum Gasteiger partial charge on any atom is -0.424 e. The molecule has 1 rings (SSSR count). The summed E-state index contributed by atoms with van der Waals surface area (Å²) in [6.07, 6.45) is 0. The van der Waals surface area contributed by atoms with Crippen LogP contribution >= 0.6 is 95.6 Å². The fraction of sp³-hybridized carbons (Fsp3) is 0.200. The Balaban J connectivity index is 2.82. The molecule has 110 valence electrons. The van der Waals surface area contributed by atoms with Crippen molar-refractivity contribution >= 4 is 108 Å². The molecule has 1 aromatic rings. The number of rotatable bonds is 2. The van der Waals surface area contributed by atoms with E-state index in [1.54, 1.807) is 18.2 Å². The molecular weight excluding hydrogens is 664 g/mol. The topological polar surface area (TPSA) is 52.6 Å². The Morgan fingerprint density at radius 2 is 1.15 bits per heavy atom. The van der Waals surface area contributed by atoms with Crippen molar-refractivity contribution in [2.45, 2.75) is 4.29 Å². The van der Waals surface area contributed by atoms with Gasteiger partial charge in [0, 0.05) is 6.07 Å². The molecule has 0 aliphatic rings.